The molecule has 6 nitrogen and oxygen atoms in total. The Morgan fingerprint density at radius 3 is 2.50 bits per heavy atom. The van der Waals surface area contributed by atoms with E-state index in [4.69, 9.17) is 4.52 Å². The molecule has 0 saturated heterocycles. The van der Waals surface area contributed by atoms with Crippen LogP contribution in [0.25, 0.3) is 0 Å². The van der Waals surface area contributed by atoms with Crippen LogP contribution in [0.3, 0.4) is 0 Å². The van der Waals surface area contributed by atoms with Crippen LogP contribution in [0.4, 0.5) is 14.6 Å². The molecule has 0 radical (unpaired) electrons. The van der Waals surface area contributed by atoms with Gasteiger partial charge in [-0.15, -0.1) is 0 Å². The van der Waals surface area contributed by atoms with Gasteiger partial charge >= 0.3 is 0 Å². The first kappa shape index (κ1) is 16.6. The molecule has 1 unspecified atom stereocenters. The monoisotopic (exact) mass is 356 g/mol. The van der Waals surface area contributed by atoms with Gasteiger partial charge in [-0.2, -0.15) is 0 Å². The highest BCUT2D eigenvalue weighted by atomic mass is 32.2. The summed E-state index contributed by atoms with van der Waals surface area (Å²) in [4.78, 5) is 12.5. The van der Waals surface area contributed by atoms with Crippen molar-refractivity contribution < 1.29 is 26.6 Å². The molecule has 1 fully saturated rings. The average molecular weight is 356 g/mol. The zero-order valence-electron chi connectivity index (χ0n) is 12.6. The Morgan fingerprint density at radius 1 is 1.33 bits per heavy atom. The van der Waals surface area contributed by atoms with Crippen LogP contribution in [-0.2, 0) is 10.0 Å². The molecule has 9 heteroatoms. The van der Waals surface area contributed by atoms with Crippen molar-refractivity contribution in [3.8, 4) is 0 Å². The Bertz CT molecular complexity index is 858. The normalized spacial score (nSPS) is 16.0. The fraction of sp³-hybridized carbons (Fsp3) is 0.333. The van der Waals surface area contributed by atoms with E-state index in [1.807, 2.05) is 0 Å². The molecule has 128 valence electrons. The molecular weight excluding hydrogens is 342 g/mol. The third kappa shape index (κ3) is 2.91. The minimum atomic E-state index is -4.73. The van der Waals surface area contributed by atoms with Crippen molar-refractivity contribution in [2.24, 2.45) is 0 Å². The number of anilines is 1. The lowest BCUT2D eigenvalue weighted by molar-refractivity contribution is 0.103. The molecular formula is C15H14F2N2O4S. The molecule has 0 spiro atoms. The van der Waals surface area contributed by atoms with Gasteiger partial charge in [-0.05, 0) is 44.0 Å². The first-order valence-electron chi connectivity index (χ1n) is 7.25. The van der Waals surface area contributed by atoms with Crippen LogP contribution in [-0.4, -0.2) is 24.9 Å². The standard InChI is InChI=1S/C15H14F2N2O4S/c1-9(16)24(21,22)19(17)12-6-4-10(5-7-12)14(20)13-8-18-23-15(13)11-2-3-11/h4-9,11H,2-3H2,1H3. The molecule has 3 rings (SSSR count). The average Bonchev–Trinajstić information content (AvgIpc) is 3.30. The number of halogens is 2. The third-order valence-electron chi connectivity index (χ3n) is 3.76. The smallest absolute Gasteiger partial charge is 0.293 e. The number of hydrogen-bond acceptors (Lipinski definition) is 5. The Hall–Kier alpha value is -2.29. The predicted molar refractivity (Wildman–Crippen MR) is 81.4 cm³/mol. The second-order valence-corrected chi connectivity index (χ2v) is 7.56. The van der Waals surface area contributed by atoms with Crippen LogP contribution in [0.15, 0.2) is 35.0 Å². The van der Waals surface area contributed by atoms with Crippen molar-refractivity contribution in [3.05, 3.63) is 47.3 Å². The van der Waals surface area contributed by atoms with Gasteiger partial charge < -0.3 is 4.52 Å². The fourth-order valence-corrected chi connectivity index (χ4v) is 2.89. The Morgan fingerprint density at radius 2 is 1.96 bits per heavy atom. The summed E-state index contributed by atoms with van der Waals surface area (Å²) in [5.41, 5.74) is -2.21. The lowest BCUT2D eigenvalue weighted by Gasteiger charge is -2.15. The van der Waals surface area contributed by atoms with Gasteiger partial charge in [0.25, 0.3) is 10.0 Å². The van der Waals surface area contributed by atoms with Crippen molar-refractivity contribution in [2.75, 3.05) is 4.53 Å². The summed E-state index contributed by atoms with van der Waals surface area (Å²) in [6.07, 6.45) is 3.20. The van der Waals surface area contributed by atoms with Gasteiger partial charge in [-0.3, -0.25) is 4.79 Å². The van der Waals surface area contributed by atoms with Gasteiger partial charge in [-0.25, -0.2) is 12.8 Å². The van der Waals surface area contributed by atoms with E-state index in [1.165, 1.54) is 18.3 Å². The second-order valence-electron chi connectivity index (χ2n) is 5.56. The first-order valence-corrected chi connectivity index (χ1v) is 8.76. The topological polar surface area (TPSA) is 80.5 Å². The molecule has 2 aromatic rings. The lowest BCUT2D eigenvalue weighted by atomic mass is 10.0. The summed E-state index contributed by atoms with van der Waals surface area (Å²) < 4.78 is 54.2. The molecule has 1 saturated carbocycles. The molecule has 1 atom stereocenters. The summed E-state index contributed by atoms with van der Waals surface area (Å²) in [6.45, 7) is 0.727. The number of aromatic nitrogens is 1. The highest BCUT2D eigenvalue weighted by Gasteiger charge is 2.33. The minimum absolute atomic E-state index is 0.197. The van der Waals surface area contributed by atoms with Gasteiger partial charge in [0.05, 0.1) is 17.4 Å². The zero-order valence-corrected chi connectivity index (χ0v) is 13.5. The SMILES string of the molecule is CC(F)S(=O)(=O)N(F)c1ccc(C(=O)c2cnoc2C2CC2)cc1. The number of carbonyl (C=O) groups is 1. The lowest BCUT2D eigenvalue weighted by Crippen LogP contribution is -2.29. The van der Waals surface area contributed by atoms with E-state index in [9.17, 15) is 22.1 Å². The Labute approximate surface area is 137 Å². The predicted octanol–water partition coefficient (Wildman–Crippen LogP) is 3.12. The number of hydrogen-bond donors (Lipinski definition) is 0. The summed E-state index contributed by atoms with van der Waals surface area (Å²) in [7, 11) is -4.73. The summed E-state index contributed by atoms with van der Waals surface area (Å²) in [6, 6.07) is 4.73. The fourth-order valence-electron chi connectivity index (χ4n) is 2.22. The van der Waals surface area contributed by atoms with E-state index in [-0.39, 0.29) is 23.0 Å². The number of nitrogens with zero attached hydrogens (tertiary/aromatic N) is 2. The van der Waals surface area contributed by atoms with E-state index in [0.717, 1.165) is 31.9 Å². The third-order valence-corrected chi connectivity index (χ3v) is 5.24. The van der Waals surface area contributed by atoms with E-state index < -0.39 is 20.1 Å². The molecule has 1 aromatic carbocycles. The molecule has 1 aliphatic rings. The highest BCUT2D eigenvalue weighted by molar-refractivity contribution is 7.93. The number of benzene rings is 1. The summed E-state index contributed by atoms with van der Waals surface area (Å²) in [5, 5.41) is 3.64. The molecule has 1 aromatic heterocycles. The van der Waals surface area contributed by atoms with Crippen LogP contribution in [0.1, 0.15) is 47.4 Å². The van der Waals surface area contributed by atoms with E-state index in [0.29, 0.717) is 11.3 Å². The summed E-state index contributed by atoms with van der Waals surface area (Å²) in [5.74, 6) is 0.380. The van der Waals surface area contributed by atoms with Crippen LogP contribution in [0.5, 0.6) is 0 Å². The number of sulfonamides is 1. The Kier molecular flexibility index (Phi) is 4.12. The number of alkyl halides is 1. The maximum atomic E-state index is 13.8. The quantitative estimate of drug-likeness (QED) is 0.587. The van der Waals surface area contributed by atoms with Crippen molar-refractivity contribution in [1.82, 2.24) is 5.16 Å². The highest BCUT2D eigenvalue weighted by Crippen LogP contribution is 2.42. The first-order chi connectivity index (χ1) is 11.3. The largest absolute Gasteiger partial charge is 0.360 e. The molecule has 0 amide bonds. The zero-order chi connectivity index (χ0) is 17.5. The van der Waals surface area contributed by atoms with Crippen LogP contribution in [0, 0.1) is 0 Å². The van der Waals surface area contributed by atoms with E-state index in [1.54, 1.807) is 0 Å². The minimum Gasteiger partial charge on any atom is -0.360 e. The Balaban J connectivity index is 1.84. The number of ketones is 1. The van der Waals surface area contributed by atoms with Crippen molar-refractivity contribution >= 4 is 21.5 Å². The van der Waals surface area contributed by atoms with E-state index >= 15 is 0 Å². The van der Waals surface area contributed by atoms with Gasteiger partial charge in [0, 0.05) is 11.5 Å². The van der Waals surface area contributed by atoms with Crippen molar-refractivity contribution in [1.29, 1.82) is 0 Å². The van der Waals surface area contributed by atoms with Gasteiger partial charge in [-0.1, -0.05) is 14.2 Å². The molecule has 1 aliphatic carbocycles. The van der Waals surface area contributed by atoms with Crippen molar-refractivity contribution in [3.63, 3.8) is 0 Å². The maximum absolute atomic E-state index is 13.8. The van der Waals surface area contributed by atoms with E-state index in [2.05, 4.69) is 5.16 Å². The maximum Gasteiger partial charge on any atom is 0.293 e. The van der Waals surface area contributed by atoms with Crippen molar-refractivity contribution in [2.45, 2.75) is 31.2 Å². The van der Waals surface area contributed by atoms with Gasteiger partial charge in [0.15, 0.2) is 11.5 Å². The van der Waals surface area contributed by atoms with Gasteiger partial charge in [0.2, 0.25) is 5.50 Å². The number of carbonyl (C=O) groups excluding carboxylic acids is 1. The van der Waals surface area contributed by atoms with Crippen LogP contribution in [0.2, 0.25) is 0 Å². The second kappa shape index (κ2) is 5.97. The molecule has 24 heavy (non-hydrogen) atoms. The molecule has 0 aliphatic heterocycles. The molecule has 0 N–H and O–H groups in total. The van der Waals surface area contributed by atoms with Crippen LogP contribution < -0.4 is 4.53 Å². The van der Waals surface area contributed by atoms with Gasteiger partial charge in [0.1, 0.15) is 0 Å². The molecule has 0 bridgehead atoms. The molecule has 1 heterocycles. The summed E-state index contributed by atoms with van der Waals surface area (Å²) >= 11 is 0. The number of rotatable bonds is 6. The van der Waals surface area contributed by atoms with Crippen LogP contribution >= 0.6 is 0 Å².